The predicted octanol–water partition coefficient (Wildman–Crippen LogP) is 6.12. The van der Waals surface area contributed by atoms with Crippen LogP contribution >= 0.6 is 22.6 Å². The molecule has 10 aliphatic heterocycles. The van der Waals surface area contributed by atoms with E-state index in [1.54, 1.807) is 37.9 Å². The Morgan fingerprint density at radius 3 is 1.58 bits per heavy atom. The first-order valence-corrected chi connectivity index (χ1v) is 35.8. The van der Waals surface area contributed by atoms with Crippen LogP contribution in [0.2, 0.25) is 0 Å². The highest BCUT2D eigenvalue weighted by Gasteiger charge is 2.31. The molecular formula is C71H82F2IN27O4. The number of hydrogen-bond donors (Lipinski definition) is 4. The average molecular weight is 1540 g/mol. The standard InChI is InChI=1S/C16H16FN5O.C16H17FN4O.C11H15N5.C10H11IN4O.C10H12N4O.C8H11N5/c17-11-7-10(1-2-13(11)22-3-5-23-6-4-22)15-14-12(8-19-15)20-9-21-16(14)18;1-9(2)22-13-5-4-10(6-11(13)17)15-14-12(7-19-15)20-8-21-16(14)18-3;12-10-9-8(14-7-15-10)6-13-11(9)16-4-2-1-3-5-16;11-9-8-7(5-12-9)13-6-14-10(8)15-1-3-16-4-2-15;1-3-15-4-2-14(1)10-8-5-11-6-9(8)12-7-13-10;1-13(2)8-6-5(3-10-8)11-4-12-7(6)9/h1-2,7,9H,3-6,8H2,(H2,18,20,21);4-6,8-9H,7H2,1-3H3,(H,18,20,21);7H,1-6H2,(H2,12,14,15);6H,1-5H2;5,7H,1-4,6H2;4H,3H2,1-2H3,(H2,9,11,12). The summed E-state index contributed by atoms with van der Waals surface area (Å²) in [5, 5.41) is 3.03. The summed E-state index contributed by atoms with van der Waals surface area (Å²) < 4.78 is 51.2. The SMILES string of the molecule is C1=NCc2ncnc(N3CCOCC3)c21.CN(C)C1=NCc2ncnc(N)c21.CNc1ncnc2c1C(c1ccc(OC(C)C)c(F)c1)=NC2.IC1=NCc2ncnc(N3CCOCC3)c21.Nc1ncnc2c1C(N1CCCCC1)=NC2.Nc1ncnc2c1C(c1ccc(N3CCOCC3)c(F)c1)=NC2. The van der Waals surface area contributed by atoms with Crippen LogP contribution in [0.3, 0.4) is 0 Å². The number of piperidine rings is 1. The summed E-state index contributed by atoms with van der Waals surface area (Å²) >= 11 is 2.26. The molecule has 105 heavy (non-hydrogen) atoms. The summed E-state index contributed by atoms with van der Waals surface area (Å²) in [5.74, 6) is 5.62. The average Bonchev–Trinajstić information content (AvgIpc) is 1.70. The fourth-order valence-electron chi connectivity index (χ4n) is 13.1. The van der Waals surface area contributed by atoms with Gasteiger partial charge in [0.05, 0.1) is 170 Å². The van der Waals surface area contributed by atoms with Gasteiger partial charge in [-0.05, 0) is 86.0 Å². The molecule has 0 unspecified atom stereocenters. The lowest BCUT2D eigenvalue weighted by molar-refractivity contribution is 0.122. The molecule has 6 aromatic heterocycles. The molecule has 7 N–H and O–H groups in total. The maximum absolute atomic E-state index is 14.6. The highest BCUT2D eigenvalue weighted by atomic mass is 127. The Hall–Kier alpha value is -10.6. The van der Waals surface area contributed by atoms with Crippen LogP contribution in [-0.2, 0) is 53.5 Å². The maximum Gasteiger partial charge on any atom is 0.165 e. The third kappa shape index (κ3) is 16.7. The van der Waals surface area contributed by atoms with Crippen LogP contribution in [0.4, 0.5) is 49.4 Å². The Morgan fingerprint density at radius 1 is 0.486 bits per heavy atom. The van der Waals surface area contributed by atoms with E-state index in [0.29, 0.717) is 123 Å². The Labute approximate surface area is 619 Å². The van der Waals surface area contributed by atoms with Crippen molar-refractivity contribution in [3.63, 3.8) is 0 Å². The third-order valence-electron chi connectivity index (χ3n) is 18.2. The van der Waals surface area contributed by atoms with Crippen LogP contribution < -0.4 is 42.0 Å². The van der Waals surface area contributed by atoms with E-state index in [1.807, 2.05) is 50.0 Å². The van der Waals surface area contributed by atoms with Crippen molar-refractivity contribution in [2.24, 2.45) is 30.0 Å². The van der Waals surface area contributed by atoms with Gasteiger partial charge in [-0.1, -0.05) is 6.07 Å². The number of anilines is 7. The van der Waals surface area contributed by atoms with Gasteiger partial charge in [-0.2, -0.15) is 0 Å². The van der Waals surface area contributed by atoms with E-state index in [4.69, 9.17) is 36.1 Å². The number of aromatic nitrogens is 12. The van der Waals surface area contributed by atoms with Gasteiger partial charge in [0.2, 0.25) is 0 Å². The van der Waals surface area contributed by atoms with Crippen molar-refractivity contribution in [3.8, 4) is 5.75 Å². The second-order valence-corrected chi connectivity index (χ2v) is 26.5. The maximum atomic E-state index is 14.6. The first-order chi connectivity index (χ1) is 51.2. The normalized spacial score (nSPS) is 16.9. The van der Waals surface area contributed by atoms with Crippen LogP contribution in [0.1, 0.15) is 112 Å². The van der Waals surface area contributed by atoms with Gasteiger partial charge < -0.3 is 66.0 Å². The van der Waals surface area contributed by atoms with E-state index in [1.165, 1.54) is 56.7 Å². The number of nitrogens with zero attached hydrogens (tertiary/aromatic N) is 23. The van der Waals surface area contributed by atoms with E-state index in [-0.39, 0.29) is 17.7 Å². The zero-order chi connectivity index (χ0) is 72.9. The van der Waals surface area contributed by atoms with Crippen LogP contribution in [0.5, 0.6) is 5.75 Å². The van der Waals surface area contributed by atoms with E-state index in [0.717, 1.165) is 155 Å². The number of rotatable bonds is 8. The van der Waals surface area contributed by atoms with Gasteiger partial charge in [0, 0.05) is 90.8 Å². The lowest BCUT2D eigenvalue weighted by atomic mass is 10.0. The first-order valence-electron chi connectivity index (χ1n) is 34.7. The van der Waals surface area contributed by atoms with Crippen molar-refractivity contribution in [2.45, 2.75) is 78.5 Å². The molecule has 0 radical (unpaired) electrons. The number of likely N-dealkylation sites (tertiary alicyclic amines) is 1. The minimum absolute atomic E-state index is 0.0748. The molecule has 34 heteroatoms. The van der Waals surface area contributed by atoms with E-state index >= 15 is 0 Å². The number of amidine groups is 2. The van der Waals surface area contributed by atoms with Gasteiger partial charge in [-0.25, -0.2) is 68.6 Å². The van der Waals surface area contributed by atoms with Crippen molar-refractivity contribution in [3.05, 3.63) is 165 Å². The Kier molecular flexibility index (Phi) is 23.5. The van der Waals surface area contributed by atoms with Crippen molar-refractivity contribution in [2.75, 3.05) is 150 Å². The molecule has 0 saturated carbocycles. The predicted molar refractivity (Wildman–Crippen MR) is 406 cm³/mol. The summed E-state index contributed by atoms with van der Waals surface area (Å²) in [7, 11) is 5.65. The van der Waals surface area contributed by atoms with E-state index in [9.17, 15) is 8.78 Å². The molecule has 0 aliphatic carbocycles. The number of benzene rings is 2. The largest absolute Gasteiger partial charge is 0.488 e. The molecule has 18 rings (SSSR count). The number of nitrogen functional groups attached to an aromatic ring is 3. The Morgan fingerprint density at radius 2 is 0.971 bits per heavy atom. The number of nitrogens with two attached hydrogens (primary N) is 3. The lowest BCUT2D eigenvalue weighted by Gasteiger charge is -2.29. The van der Waals surface area contributed by atoms with Gasteiger partial charge in [0.25, 0.3) is 0 Å². The molecule has 0 spiro atoms. The van der Waals surface area contributed by atoms with Gasteiger partial charge in [0.15, 0.2) is 11.6 Å². The molecule has 8 aromatic rings. The van der Waals surface area contributed by atoms with Crippen molar-refractivity contribution in [1.29, 1.82) is 0 Å². The summed E-state index contributed by atoms with van der Waals surface area (Å²) in [6.45, 7) is 18.7. The molecule has 4 saturated heterocycles. The monoisotopic (exact) mass is 1540 g/mol. The minimum atomic E-state index is -0.398. The summed E-state index contributed by atoms with van der Waals surface area (Å²) in [5.41, 5.74) is 32.1. The second kappa shape index (κ2) is 33.9. The van der Waals surface area contributed by atoms with Crippen molar-refractivity contribution >= 4 is 96.2 Å². The zero-order valence-corrected chi connectivity index (χ0v) is 61.3. The molecule has 0 amide bonds. The molecule has 31 nitrogen and oxygen atoms in total. The van der Waals surface area contributed by atoms with Crippen LogP contribution in [-0.4, -0.2) is 222 Å². The van der Waals surface area contributed by atoms with Crippen LogP contribution in [0.25, 0.3) is 0 Å². The highest BCUT2D eigenvalue weighted by molar-refractivity contribution is 14.1. The van der Waals surface area contributed by atoms with Crippen molar-refractivity contribution < 1.29 is 27.7 Å². The molecule has 2 aromatic carbocycles. The minimum Gasteiger partial charge on any atom is -0.488 e. The summed E-state index contributed by atoms with van der Waals surface area (Å²) in [6, 6.07) is 10.0. The summed E-state index contributed by atoms with van der Waals surface area (Å²) in [6.07, 6.45) is 14.8. The van der Waals surface area contributed by atoms with Gasteiger partial charge in [-0.3, -0.25) is 30.0 Å². The Balaban J connectivity index is 0.000000113. The molecule has 10 aliphatic rings. The lowest BCUT2D eigenvalue weighted by Crippen LogP contribution is -2.37. The fourth-order valence-corrected chi connectivity index (χ4v) is 13.9. The van der Waals surface area contributed by atoms with E-state index < -0.39 is 5.82 Å². The number of nitrogens with one attached hydrogen (secondary N) is 1. The number of fused-ring (bicyclic) bond motifs is 6. The topological polar surface area (TPSA) is 372 Å². The molecule has 546 valence electrons. The van der Waals surface area contributed by atoms with Gasteiger partial charge >= 0.3 is 0 Å². The number of aliphatic imine (C=N–C) groups is 6. The number of ether oxygens (including phenoxy) is 4. The third-order valence-corrected chi connectivity index (χ3v) is 19.1. The van der Waals surface area contributed by atoms with E-state index in [2.05, 4.69) is 132 Å². The molecule has 4 fully saturated rings. The number of hydrogen-bond acceptors (Lipinski definition) is 31. The molecule has 16 heterocycles. The molecule has 0 bridgehead atoms. The van der Waals surface area contributed by atoms with Crippen LogP contribution in [0, 0.1) is 11.6 Å². The number of halogens is 3. The van der Waals surface area contributed by atoms with Gasteiger partial charge in [0.1, 0.15) is 94.1 Å². The highest BCUT2D eigenvalue weighted by Crippen LogP contribution is 2.33. The molecule has 0 atom stereocenters. The number of morpholine rings is 3. The fraction of sp³-hybridized carbons (Fsp3) is 0.408. The van der Waals surface area contributed by atoms with Gasteiger partial charge in [-0.15, -0.1) is 0 Å². The zero-order valence-electron chi connectivity index (χ0n) is 59.1. The first kappa shape index (κ1) is 72.8. The summed E-state index contributed by atoms with van der Waals surface area (Å²) in [4.78, 5) is 87.4. The van der Waals surface area contributed by atoms with Crippen molar-refractivity contribution in [1.82, 2.24) is 69.6 Å². The Bertz CT molecular complexity index is 4650. The molecular weight excluding hydrogens is 1460 g/mol. The quantitative estimate of drug-likeness (QED) is 0.124. The second-order valence-electron chi connectivity index (χ2n) is 25.5. The smallest absolute Gasteiger partial charge is 0.165 e. The van der Waals surface area contributed by atoms with Crippen LogP contribution in [0.15, 0.2) is 104 Å².